The van der Waals surface area contributed by atoms with Gasteiger partial charge in [0.25, 0.3) is 0 Å². The third kappa shape index (κ3) is 3.87. The highest BCUT2D eigenvalue weighted by molar-refractivity contribution is 6.32. The lowest BCUT2D eigenvalue weighted by atomic mass is 10.1. The number of aromatic carboxylic acids is 1. The number of carboxylic acids is 1. The van der Waals surface area contributed by atoms with Crippen LogP contribution in [0.25, 0.3) is 0 Å². The second-order valence-electron chi connectivity index (χ2n) is 5.10. The molecule has 0 spiro atoms. The molecule has 5 nitrogen and oxygen atoms in total. The molecule has 0 aromatic heterocycles. The average Bonchev–Trinajstić information content (AvgIpc) is 2.48. The fraction of sp³-hybridized carbons (Fsp3) is 0.235. The van der Waals surface area contributed by atoms with E-state index in [1.54, 1.807) is 30.3 Å². The van der Waals surface area contributed by atoms with E-state index < -0.39 is 5.97 Å². The summed E-state index contributed by atoms with van der Waals surface area (Å²) in [6.07, 6.45) is -0.0964. The standard InChI is InChI=1S/C17H18ClNO4/c1-10(2)23-14-9-4-6-11(17(20)21)15(14)19-13-8-5-7-12(18)16(13)22-3/h4-10,19H,1-3H3,(H,20,21). The van der Waals surface area contributed by atoms with Crippen molar-refractivity contribution < 1.29 is 19.4 Å². The molecule has 0 aliphatic heterocycles. The van der Waals surface area contributed by atoms with E-state index in [0.717, 1.165) is 0 Å². The summed E-state index contributed by atoms with van der Waals surface area (Å²) in [5, 5.41) is 12.9. The Bertz CT molecular complexity index is 716. The van der Waals surface area contributed by atoms with E-state index in [-0.39, 0.29) is 11.7 Å². The number of para-hydroxylation sites is 2. The maximum absolute atomic E-state index is 11.5. The molecular formula is C17H18ClNO4. The Balaban J connectivity index is 2.53. The van der Waals surface area contributed by atoms with Crippen molar-refractivity contribution in [2.45, 2.75) is 20.0 Å². The molecule has 0 aliphatic carbocycles. The molecule has 2 aromatic carbocycles. The molecule has 0 atom stereocenters. The molecule has 6 heteroatoms. The molecule has 122 valence electrons. The number of ether oxygens (including phenoxy) is 2. The SMILES string of the molecule is COc1c(Cl)cccc1Nc1c(OC(C)C)cccc1C(=O)O. The Morgan fingerprint density at radius 3 is 2.52 bits per heavy atom. The summed E-state index contributed by atoms with van der Waals surface area (Å²) in [5.41, 5.74) is 1.02. The van der Waals surface area contributed by atoms with E-state index in [1.807, 2.05) is 13.8 Å². The van der Waals surface area contributed by atoms with Gasteiger partial charge in [0.1, 0.15) is 5.75 Å². The van der Waals surface area contributed by atoms with Crippen LogP contribution >= 0.6 is 11.6 Å². The maximum atomic E-state index is 11.5. The minimum atomic E-state index is -1.05. The van der Waals surface area contributed by atoms with Gasteiger partial charge in [0.15, 0.2) is 5.75 Å². The highest BCUT2D eigenvalue weighted by atomic mass is 35.5. The van der Waals surface area contributed by atoms with Gasteiger partial charge in [-0.1, -0.05) is 23.7 Å². The van der Waals surface area contributed by atoms with Crippen molar-refractivity contribution in [2.24, 2.45) is 0 Å². The lowest BCUT2D eigenvalue weighted by Gasteiger charge is -2.19. The van der Waals surface area contributed by atoms with Gasteiger partial charge in [-0.2, -0.15) is 0 Å². The van der Waals surface area contributed by atoms with Gasteiger partial charge in [-0.3, -0.25) is 0 Å². The lowest BCUT2D eigenvalue weighted by molar-refractivity contribution is 0.0697. The summed E-state index contributed by atoms with van der Waals surface area (Å²) >= 11 is 6.11. The summed E-state index contributed by atoms with van der Waals surface area (Å²) < 4.78 is 11.0. The summed E-state index contributed by atoms with van der Waals surface area (Å²) in [6.45, 7) is 3.74. The van der Waals surface area contributed by atoms with Gasteiger partial charge in [-0.05, 0) is 38.1 Å². The monoisotopic (exact) mass is 335 g/mol. The minimum Gasteiger partial charge on any atom is -0.493 e. The first-order valence-electron chi connectivity index (χ1n) is 7.06. The smallest absolute Gasteiger partial charge is 0.337 e. The minimum absolute atomic E-state index is 0.0964. The van der Waals surface area contributed by atoms with Crippen LogP contribution in [0.2, 0.25) is 5.02 Å². The molecule has 23 heavy (non-hydrogen) atoms. The number of rotatable bonds is 6. The Morgan fingerprint density at radius 1 is 1.22 bits per heavy atom. The largest absolute Gasteiger partial charge is 0.493 e. The second kappa shape index (κ2) is 7.24. The zero-order chi connectivity index (χ0) is 17.0. The molecule has 0 saturated heterocycles. The molecule has 2 rings (SSSR count). The third-order valence-corrected chi connectivity index (χ3v) is 3.35. The van der Waals surface area contributed by atoms with Crippen molar-refractivity contribution in [1.82, 2.24) is 0 Å². The Hall–Kier alpha value is -2.40. The van der Waals surface area contributed by atoms with E-state index in [1.165, 1.54) is 13.2 Å². The van der Waals surface area contributed by atoms with Crippen LogP contribution in [0.15, 0.2) is 36.4 Å². The number of methoxy groups -OCH3 is 1. The first-order valence-corrected chi connectivity index (χ1v) is 7.44. The Labute approximate surface area is 139 Å². The molecule has 0 amide bonds. The molecule has 0 fully saturated rings. The highest BCUT2D eigenvalue weighted by Gasteiger charge is 2.18. The van der Waals surface area contributed by atoms with Crippen molar-refractivity contribution >= 4 is 28.9 Å². The van der Waals surface area contributed by atoms with Crippen LogP contribution < -0.4 is 14.8 Å². The Morgan fingerprint density at radius 2 is 1.91 bits per heavy atom. The number of carbonyl (C=O) groups is 1. The van der Waals surface area contributed by atoms with Crippen LogP contribution in [0.1, 0.15) is 24.2 Å². The summed E-state index contributed by atoms with van der Waals surface area (Å²) in [6, 6.07) is 10.1. The van der Waals surface area contributed by atoms with E-state index in [2.05, 4.69) is 5.32 Å². The van der Waals surface area contributed by atoms with Gasteiger partial charge in [-0.25, -0.2) is 4.79 Å². The first kappa shape index (κ1) is 17.0. The average molecular weight is 336 g/mol. The molecule has 0 unspecified atom stereocenters. The van der Waals surface area contributed by atoms with E-state index in [4.69, 9.17) is 21.1 Å². The molecule has 0 aliphatic rings. The van der Waals surface area contributed by atoms with Gasteiger partial charge in [0, 0.05) is 0 Å². The zero-order valence-electron chi connectivity index (χ0n) is 13.1. The second-order valence-corrected chi connectivity index (χ2v) is 5.50. The lowest BCUT2D eigenvalue weighted by Crippen LogP contribution is -2.10. The van der Waals surface area contributed by atoms with Crippen LogP contribution in [-0.2, 0) is 0 Å². The molecule has 0 heterocycles. The predicted molar refractivity (Wildman–Crippen MR) is 90.5 cm³/mol. The number of anilines is 2. The van der Waals surface area contributed by atoms with Crippen LogP contribution in [0, 0.1) is 0 Å². The fourth-order valence-electron chi connectivity index (χ4n) is 2.14. The normalized spacial score (nSPS) is 10.5. The van der Waals surface area contributed by atoms with Gasteiger partial charge < -0.3 is 19.9 Å². The van der Waals surface area contributed by atoms with Crippen LogP contribution in [0.5, 0.6) is 11.5 Å². The molecule has 0 radical (unpaired) electrons. The van der Waals surface area contributed by atoms with Gasteiger partial charge in [0.05, 0.1) is 35.2 Å². The quantitative estimate of drug-likeness (QED) is 0.808. The summed E-state index contributed by atoms with van der Waals surface area (Å²) in [7, 11) is 1.50. The van der Waals surface area contributed by atoms with Crippen molar-refractivity contribution in [3.05, 3.63) is 47.0 Å². The number of halogens is 1. The van der Waals surface area contributed by atoms with Crippen molar-refractivity contribution in [3.8, 4) is 11.5 Å². The van der Waals surface area contributed by atoms with Crippen LogP contribution in [0.3, 0.4) is 0 Å². The van der Waals surface area contributed by atoms with Crippen LogP contribution in [-0.4, -0.2) is 24.3 Å². The molecule has 0 bridgehead atoms. The molecular weight excluding hydrogens is 318 g/mol. The number of nitrogens with one attached hydrogen (secondary N) is 1. The topological polar surface area (TPSA) is 67.8 Å². The third-order valence-electron chi connectivity index (χ3n) is 3.05. The molecule has 2 aromatic rings. The zero-order valence-corrected chi connectivity index (χ0v) is 13.8. The summed E-state index contributed by atoms with van der Waals surface area (Å²) in [4.78, 5) is 11.5. The van der Waals surface area contributed by atoms with Gasteiger partial charge in [0.2, 0.25) is 0 Å². The highest BCUT2D eigenvalue weighted by Crippen LogP contribution is 2.38. The van der Waals surface area contributed by atoms with E-state index in [0.29, 0.717) is 27.9 Å². The maximum Gasteiger partial charge on any atom is 0.337 e. The number of carboxylic acid groups (broad SMARTS) is 1. The molecule has 0 saturated carbocycles. The van der Waals surface area contributed by atoms with Crippen molar-refractivity contribution in [3.63, 3.8) is 0 Å². The van der Waals surface area contributed by atoms with E-state index >= 15 is 0 Å². The van der Waals surface area contributed by atoms with Gasteiger partial charge >= 0.3 is 5.97 Å². The number of hydrogen-bond donors (Lipinski definition) is 2. The summed E-state index contributed by atoms with van der Waals surface area (Å²) in [5.74, 6) is -0.172. The van der Waals surface area contributed by atoms with Crippen LogP contribution in [0.4, 0.5) is 11.4 Å². The molecule has 2 N–H and O–H groups in total. The number of benzene rings is 2. The van der Waals surface area contributed by atoms with Gasteiger partial charge in [-0.15, -0.1) is 0 Å². The van der Waals surface area contributed by atoms with Crippen molar-refractivity contribution in [1.29, 1.82) is 0 Å². The fourth-order valence-corrected chi connectivity index (χ4v) is 2.39. The van der Waals surface area contributed by atoms with E-state index in [9.17, 15) is 9.90 Å². The van der Waals surface area contributed by atoms with Crippen molar-refractivity contribution in [2.75, 3.05) is 12.4 Å². The predicted octanol–water partition coefficient (Wildman–Crippen LogP) is 4.58. The number of hydrogen-bond acceptors (Lipinski definition) is 4. The Kier molecular flexibility index (Phi) is 5.34. The first-order chi connectivity index (χ1) is 10.9.